The second-order valence-corrected chi connectivity index (χ2v) is 4.65. The van der Waals surface area contributed by atoms with Gasteiger partial charge in [-0.25, -0.2) is 0 Å². The quantitative estimate of drug-likeness (QED) is 0.573. The zero-order chi connectivity index (χ0) is 10.4. The van der Waals surface area contributed by atoms with E-state index in [-0.39, 0.29) is 41.9 Å². The van der Waals surface area contributed by atoms with E-state index in [1.807, 2.05) is 25.1 Å². The summed E-state index contributed by atoms with van der Waals surface area (Å²) in [4.78, 5) is 0. The summed E-state index contributed by atoms with van der Waals surface area (Å²) in [7, 11) is -3.40. The molecule has 0 aliphatic rings. The Morgan fingerprint density at radius 3 is 2.33 bits per heavy atom. The Bertz CT molecular complexity index is 362. The first kappa shape index (κ1) is 15.1. The van der Waals surface area contributed by atoms with Gasteiger partial charge in [-0.2, -0.15) is 8.42 Å². The Labute approximate surface area is 113 Å². The van der Waals surface area contributed by atoms with Gasteiger partial charge in [0.05, 0.1) is 6.61 Å². The van der Waals surface area contributed by atoms with E-state index in [1.54, 1.807) is 12.1 Å². The molecule has 1 aromatic rings. The van der Waals surface area contributed by atoms with E-state index in [2.05, 4.69) is 0 Å². The summed E-state index contributed by atoms with van der Waals surface area (Å²) in [6, 6.07) is 9.01. The van der Waals surface area contributed by atoms with Gasteiger partial charge in [0.1, 0.15) is 5.75 Å². The molecule has 0 atom stereocenters. The van der Waals surface area contributed by atoms with Crippen LogP contribution in [0.2, 0.25) is 0 Å². The van der Waals surface area contributed by atoms with Gasteiger partial charge < -0.3 is 0 Å². The average Bonchev–Trinajstić information content (AvgIpc) is 2.16. The first-order valence-corrected chi connectivity index (χ1v) is 6.13. The molecule has 0 radical (unpaired) electrons. The normalized spacial score (nSPS) is 10.7. The maximum atomic E-state index is 11.3. The molecular weight excluding hydrogens is 223 g/mol. The summed E-state index contributed by atoms with van der Waals surface area (Å²) >= 11 is 0. The second-order valence-electron chi connectivity index (χ2n) is 3.01. The second kappa shape index (κ2) is 7.41. The SMILES string of the molecule is CCCOS(=O)(=O)Cc1ccccc1.[NaH]. The zero-order valence-electron chi connectivity index (χ0n) is 8.14. The first-order chi connectivity index (χ1) is 6.64. The molecule has 1 aromatic carbocycles. The van der Waals surface area contributed by atoms with E-state index < -0.39 is 10.1 Å². The van der Waals surface area contributed by atoms with Crippen molar-refractivity contribution in [3.8, 4) is 0 Å². The van der Waals surface area contributed by atoms with Crippen molar-refractivity contribution in [3.05, 3.63) is 35.9 Å². The molecule has 0 heterocycles. The zero-order valence-corrected chi connectivity index (χ0v) is 8.96. The first-order valence-electron chi connectivity index (χ1n) is 4.55. The molecule has 0 aliphatic heterocycles. The monoisotopic (exact) mass is 238 g/mol. The molecule has 1 rings (SSSR count). The van der Waals surface area contributed by atoms with Gasteiger partial charge in [-0.05, 0) is 12.0 Å². The van der Waals surface area contributed by atoms with Gasteiger partial charge in [0, 0.05) is 0 Å². The van der Waals surface area contributed by atoms with Crippen molar-refractivity contribution in [2.75, 3.05) is 6.61 Å². The van der Waals surface area contributed by atoms with Crippen molar-refractivity contribution in [3.63, 3.8) is 0 Å². The van der Waals surface area contributed by atoms with Crippen LogP contribution in [0.1, 0.15) is 18.9 Å². The minimum absolute atomic E-state index is 0. The maximum absolute atomic E-state index is 11.3. The van der Waals surface area contributed by atoms with E-state index in [0.29, 0.717) is 6.42 Å². The molecule has 80 valence electrons. The Hall–Kier alpha value is 0.130. The van der Waals surface area contributed by atoms with Crippen molar-refractivity contribution in [1.82, 2.24) is 0 Å². The van der Waals surface area contributed by atoms with Gasteiger partial charge in [0.15, 0.2) is 0 Å². The fraction of sp³-hybridized carbons (Fsp3) is 0.400. The van der Waals surface area contributed by atoms with Crippen molar-refractivity contribution in [1.29, 1.82) is 0 Å². The molecule has 0 amide bonds. The van der Waals surface area contributed by atoms with Gasteiger partial charge >= 0.3 is 29.6 Å². The fourth-order valence-electron chi connectivity index (χ4n) is 1.03. The Balaban J connectivity index is 0.00000196. The van der Waals surface area contributed by atoms with Gasteiger partial charge in [-0.1, -0.05) is 37.3 Å². The number of hydrogen-bond donors (Lipinski definition) is 0. The summed E-state index contributed by atoms with van der Waals surface area (Å²) in [5.41, 5.74) is 0.753. The average molecular weight is 238 g/mol. The molecule has 0 bridgehead atoms. The minimum atomic E-state index is -3.40. The van der Waals surface area contributed by atoms with Crippen LogP contribution in [0.15, 0.2) is 30.3 Å². The summed E-state index contributed by atoms with van der Waals surface area (Å²) in [5.74, 6) is -0.0478. The Morgan fingerprint density at radius 1 is 1.20 bits per heavy atom. The molecule has 0 aromatic heterocycles. The van der Waals surface area contributed by atoms with Crippen molar-refractivity contribution >= 4 is 39.7 Å². The van der Waals surface area contributed by atoms with E-state index >= 15 is 0 Å². The van der Waals surface area contributed by atoms with Crippen LogP contribution in [-0.4, -0.2) is 44.6 Å². The van der Waals surface area contributed by atoms with Crippen LogP contribution in [0.5, 0.6) is 0 Å². The Kier molecular flexibility index (Phi) is 7.48. The molecule has 0 fully saturated rings. The van der Waals surface area contributed by atoms with E-state index in [4.69, 9.17) is 4.18 Å². The van der Waals surface area contributed by atoms with Crippen molar-refractivity contribution in [2.45, 2.75) is 19.1 Å². The summed E-state index contributed by atoms with van der Waals surface area (Å²) in [6.07, 6.45) is 0.702. The van der Waals surface area contributed by atoms with Crippen LogP contribution in [0.3, 0.4) is 0 Å². The number of hydrogen-bond acceptors (Lipinski definition) is 3. The van der Waals surface area contributed by atoms with Crippen LogP contribution < -0.4 is 0 Å². The van der Waals surface area contributed by atoms with Crippen LogP contribution in [0.25, 0.3) is 0 Å². The molecule has 0 N–H and O–H groups in total. The molecule has 0 saturated heterocycles. The Morgan fingerprint density at radius 2 is 1.80 bits per heavy atom. The van der Waals surface area contributed by atoms with E-state index in [9.17, 15) is 8.42 Å². The summed E-state index contributed by atoms with van der Waals surface area (Å²) in [6.45, 7) is 2.13. The summed E-state index contributed by atoms with van der Waals surface area (Å²) < 4.78 is 27.4. The van der Waals surface area contributed by atoms with Gasteiger partial charge in [0.2, 0.25) is 0 Å². The molecule has 0 saturated carbocycles. The predicted octanol–water partition coefficient (Wildman–Crippen LogP) is 1.29. The standard InChI is InChI=1S/C10H14O3S.Na.H/c1-2-8-13-14(11,12)9-10-6-4-3-5-7-10;;/h3-7H,2,8-9H2,1H3;;. The van der Waals surface area contributed by atoms with Crippen molar-refractivity contribution in [2.24, 2.45) is 0 Å². The molecule has 0 unspecified atom stereocenters. The molecule has 3 nitrogen and oxygen atoms in total. The molecule has 5 heteroatoms. The number of rotatable bonds is 5. The van der Waals surface area contributed by atoms with E-state index in [1.165, 1.54) is 0 Å². The van der Waals surface area contributed by atoms with Crippen molar-refractivity contribution < 1.29 is 12.6 Å². The molecule has 15 heavy (non-hydrogen) atoms. The molecular formula is C10H15NaO3S. The number of benzene rings is 1. The van der Waals surface area contributed by atoms with Gasteiger partial charge in [-0.15, -0.1) is 0 Å². The summed E-state index contributed by atoms with van der Waals surface area (Å²) in [5, 5.41) is 0. The predicted molar refractivity (Wildman–Crippen MR) is 62.5 cm³/mol. The van der Waals surface area contributed by atoms with Crippen LogP contribution in [0, 0.1) is 0 Å². The third-order valence-electron chi connectivity index (χ3n) is 1.65. The van der Waals surface area contributed by atoms with Crippen LogP contribution in [-0.2, 0) is 20.1 Å². The molecule has 0 spiro atoms. The third kappa shape index (κ3) is 6.33. The molecule has 0 aliphatic carbocycles. The van der Waals surface area contributed by atoms with Gasteiger partial charge in [-0.3, -0.25) is 4.18 Å². The van der Waals surface area contributed by atoms with Crippen LogP contribution >= 0.6 is 0 Å². The van der Waals surface area contributed by atoms with Gasteiger partial charge in [0.25, 0.3) is 10.1 Å². The van der Waals surface area contributed by atoms with Crippen LogP contribution in [0.4, 0.5) is 0 Å². The van der Waals surface area contributed by atoms with E-state index in [0.717, 1.165) is 5.56 Å². The topological polar surface area (TPSA) is 43.4 Å². The fourth-order valence-corrected chi connectivity index (χ4v) is 2.13. The third-order valence-corrected chi connectivity index (χ3v) is 2.87.